The fourth-order valence-electron chi connectivity index (χ4n) is 2.75. The molecule has 1 N–H and O–H groups in total. The maximum Gasteiger partial charge on any atom is 0.179 e. The summed E-state index contributed by atoms with van der Waals surface area (Å²) in [6, 6.07) is 2.52. The third kappa shape index (κ3) is 2.61. The van der Waals surface area contributed by atoms with Crippen LogP contribution >= 0.6 is 28.1 Å². The highest BCUT2D eigenvalue weighted by Crippen LogP contribution is 2.19. The van der Waals surface area contributed by atoms with Gasteiger partial charge in [-0.1, -0.05) is 0 Å². The lowest BCUT2D eigenvalue weighted by Gasteiger charge is -2.24. The Balaban J connectivity index is 1.91. The summed E-state index contributed by atoms with van der Waals surface area (Å²) in [6.07, 6.45) is 4.45. The van der Waals surface area contributed by atoms with Gasteiger partial charge in [0.2, 0.25) is 0 Å². The lowest BCUT2D eigenvalue weighted by Crippen LogP contribution is -2.33. The van der Waals surface area contributed by atoms with Crippen molar-refractivity contribution in [1.29, 1.82) is 0 Å². The first-order chi connectivity index (χ1) is 9.15. The minimum Gasteiger partial charge on any atom is -0.329 e. The summed E-state index contributed by atoms with van der Waals surface area (Å²) in [5.41, 5.74) is 1.94. The number of likely N-dealkylation sites (tertiary alicyclic amines) is 1. The second kappa shape index (κ2) is 5.34. The summed E-state index contributed by atoms with van der Waals surface area (Å²) < 4.78 is 3.84. The molecule has 2 aromatic heterocycles. The van der Waals surface area contributed by atoms with Gasteiger partial charge in [0.25, 0.3) is 0 Å². The molecule has 1 fully saturated rings. The molecule has 1 atom stereocenters. The lowest BCUT2D eigenvalue weighted by molar-refractivity contribution is 0.236. The number of imidazole rings is 1. The fraction of sp³-hybridized carbons (Fsp3) is 0.538. The normalized spacial score (nSPS) is 18.2. The molecule has 3 rings (SSSR count). The zero-order chi connectivity index (χ0) is 13.4. The molecule has 0 amide bonds. The van der Waals surface area contributed by atoms with E-state index in [2.05, 4.69) is 42.3 Å². The summed E-state index contributed by atoms with van der Waals surface area (Å²) in [5, 5.41) is 0. The Morgan fingerprint density at radius 3 is 2.95 bits per heavy atom. The molecule has 4 nitrogen and oxygen atoms in total. The van der Waals surface area contributed by atoms with Crippen LogP contribution in [0, 0.1) is 4.77 Å². The zero-order valence-corrected chi connectivity index (χ0v) is 13.3. The molecule has 1 saturated heterocycles. The SMILES string of the molecule is CC(Cn1c(=S)[nH]c2cc(Br)cnc21)N1CCCC1. The smallest absolute Gasteiger partial charge is 0.179 e. The number of nitrogens with zero attached hydrogens (tertiary/aromatic N) is 3. The summed E-state index contributed by atoms with van der Waals surface area (Å²) >= 11 is 8.86. The van der Waals surface area contributed by atoms with E-state index in [1.165, 1.54) is 25.9 Å². The second-order valence-electron chi connectivity index (χ2n) is 5.16. The maximum absolute atomic E-state index is 5.42. The van der Waals surface area contributed by atoms with Crippen molar-refractivity contribution >= 4 is 39.3 Å². The molecule has 1 aliphatic rings. The number of rotatable bonds is 3. The van der Waals surface area contributed by atoms with E-state index in [4.69, 9.17) is 12.2 Å². The van der Waals surface area contributed by atoms with Gasteiger partial charge in [0.1, 0.15) is 0 Å². The first kappa shape index (κ1) is 13.3. The number of halogens is 1. The number of hydrogen-bond acceptors (Lipinski definition) is 3. The van der Waals surface area contributed by atoms with Crippen molar-refractivity contribution in [3.63, 3.8) is 0 Å². The molecule has 0 spiro atoms. The van der Waals surface area contributed by atoms with Crippen molar-refractivity contribution < 1.29 is 0 Å². The number of aromatic amines is 1. The quantitative estimate of drug-likeness (QED) is 0.870. The molecule has 3 heterocycles. The van der Waals surface area contributed by atoms with Crippen LogP contribution < -0.4 is 0 Å². The lowest BCUT2D eigenvalue weighted by atomic mass is 10.3. The fourth-order valence-corrected chi connectivity index (χ4v) is 3.35. The van der Waals surface area contributed by atoms with Crippen LogP contribution in [-0.2, 0) is 6.54 Å². The Bertz CT molecular complexity index is 642. The predicted octanol–water partition coefficient (Wildman–Crippen LogP) is 3.34. The van der Waals surface area contributed by atoms with Gasteiger partial charge in [-0.05, 0) is 67.1 Å². The molecule has 0 aromatic carbocycles. The summed E-state index contributed by atoms with van der Waals surface area (Å²) in [7, 11) is 0. The molecule has 6 heteroatoms. The number of H-pyrrole nitrogens is 1. The predicted molar refractivity (Wildman–Crippen MR) is 82.9 cm³/mol. The third-order valence-electron chi connectivity index (χ3n) is 3.79. The van der Waals surface area contributed by atoms with Gasteiger partial charge in [-0.2, -0.15) is 0 Å². The van der Waals surface area contributed by atoms with Crippen LogP contribution in [-0.4, -0.2) is 38.6 Å². The van der Waals surface area contributed by atoms with E-state index >= 15 is 0 Å². The standard InChI is InChI=1S/C13H17BrN4S/c1-9(17-4-2-3-5-17)8-18-12-11(16-13(18)19)6-10(14)7-15-12/h6-7,9H,2-5,8H2,1H3,(H,16,19). The van der Waals surface area contributed by atoms with E-state index in [1.54, 1.807) is 0 Å². The Morgan fingerprint density at radius 2 is 2.21 bits per heavy atom. The van der Waals surface area contributed by atoms with Crippen molar-refractivity contribution in [2.24, 2.45) is 0 Å². The van der Waals surface area contributed by atoms with Crippen LogP contribution in [0.15, 0.2) is 16.7 Å². The van der Waals surface area contributed by atoms with Gasteiger partial charge in [0, 0.05) is 23.3 Å². The molecule has 1 aliphatic heterocycles. The van der Waals surface area contributed by atoms with Gasteiger partial charge in [-0.25, -0.2) is 4.98 Å². The maximum atomic E-state index is 5.42. The van der Waals surface area contributed by atoms with Gasteiger partial charge >= 0.3 is 0 Å². The molecule has 0 radical (unpaired) electrons. The third-order valence-corrected chi connectivity index (χ3v) is 4.54. The molecular formula is C13H17BrN4S. The molecule has 0 aliphatic carbocycles. The summed E-state index contributed by atoms with van der Waals surface area (Å²) in [5.74, 6) is 0. The highest BCUT2D eigenvalue weighted by Gasteiger charge is 2.19. The van der Waals surface area contributed by atoms with Crippen molar-refractivity contribution in [3.8, 4) is 0 Å². The first-order valence-corrected chi connectivity index (χ1v) is 7.83. The number of hydrogen-bond donors (Lipinski definition) is 1. The Kier molecular flexibility index (Phi) is 3.73. The monoisotopic (exact) mass is 340 g/mol. The van der Waals surface area contributed by atoms with Crippen LogP contribution in [0.2, 0.25) is 0 Å². The van der Waals surface area contributed by atoms with Gasteiger partial charge in [-0.15, -0.1) is 0 Å². The average Bonchev–Trinajstić information content (AvgIpc) is 2.98. The largest absolute Gasteiger partial charge is 0.329 e. The van der Waals surface area contributed by atoms with Crippen LogP contribution in [0.25, 0.3) is 11.2 Å². The van der Waals surface area contributed by atoms with Crippen LogP contribution in [0.5, 0.6) is 0 Å². The van der Waals surface area contributed by atoms with Crippen molar-refractivity contribution in [2.45, 2.75) is 32.4 Å². The van der Waals surface area contributed by atoms with Crippen LogP contribution in [0.4, 0.5) is 0 Å². The minimum atomic E-state index is 0.499. The molecule has 1 unspecified atom stereocenters. The average molecular weight is 341 g/mol. The van der Waals surface area contributed by atoms with Gasteiger partial charge in [0.05, 0.1) is 5.52 Å². The van der Waals surface area contributed by atoms with Crippen molar-refractivity contribution in [2.75, 3.05) is 13.1 Å². The van der Waals surface area contributed by atoms with Gasteiger partial charge in [0.15, 0.2) is 10.4 Å². The zero-order valence-electron chi connectivity index (χ0n) is 10.9. The highest BCUT2D eigenvalue weighted by molar-refractivity contribution is 9.10. The first-order valence-electron chi connectivity index (χ1n) is 6.63. The number of fused-ring (bicyclic) bond motifs is 1. The second-order valence-corrected chi connectivity index (χ2v) is 6.46. The van der Waals surface area contributed by atoms with E-state index in [9.17, 15) is 0 Å². The Hall–Kier alpha value is -0.720. The summed E-state index contributed by atoms with van der Waals surface area (Å²) in [4.78, 5) is 10.2. The van der Waals surface area contributed by atoms with E-state index in [1.807, 2.05) is 12.3 Å². The molecule has 0 bridgehead atoms. The number of aromatic nitrogens is 3. The van der Waals surface area contributed by atoms with E-state index in [0.29, 0.717) is 6.04 Å². The van der Waals surface area contributed by atoms with Crippen LogP contribution in [0.1, 0.15) is 19.8 Å². The van der Waals surface area contributed by atoms with Crippen LogP contribution in [0.3, 0.4) is 0 Å². The van der Waals surface area contributed by atoms with E-state index in [-0.39, 0.29) is 0 Å². The minimum absolute atomic E-state index is 0.499. The van der Waals surface area contributed by atoms with E-state index in [0.717, 1.165) is 27.0 Å². The molecule has 19 heavy (non-hydrogen) atoms. The molecular weight excluding hydrogens is 324 g/mol. The Labute approximate surface area is 126 Å². The number of pyridine rings is 1. The topological polar surface area (TPSA) is 36.9 Å². The molecule has 102 valence electrons. The Morgan fingerprint density at radius 1 is 1.47 bits per heavy atom. The highest BCUT2D eigenvalue weighted by atomic mass is 79.9. The molecule has 0 saturated carbocycles. The van der Waals surface area contributed by atoms with Crippen molar-refractivity contribution in [1.82, 2.24) is 19.4 Å². The van der Waals surface area contributed by atoms with Crippen molar-refractivity contribution in [3.05, 3.63) is 21.5 Å². The van der Waals surface area contributed by atoms with E-state index < -0.39 is 0 Å². The number of nitrogens with one attached hydrogen (secondary N) is 1. The van der Waals surface area contributed by atoms with Gasteiger partial charge < -0.3 is 4.98 Å². The molecule has 2 aromatic rings. The summed E-state index contributed by atoms with van der Waals surface area (Å²) in [6.45, 7) is 5.57. The van der Waals surface area contributed by atoms with Gasteiger partial charge in [-0.3, -0.25) is 9.47 Å².